The van der Waals surface area contributed by atoms with Crippen LogP contribution in [-0.2, 0) is 23.2 Å². The first-order valence-corrected chi connectivity index (χ1v) is 8.51. The molecule has 4 rings (SSSR count). The number of hydrogen-bond donors (Lipinski definition) is 1. The molecule has 25 heavy (non-hydrogen) atoms. The van der Waals surface area contributed by atoms with Crippen LogP contribution in [0.15, 0.2) is 36.5 Å². The molecule has 0 saturated carbocycles. The van der Waals surface area contributed by atoms with Crippen LogP contribution in [0, 0.1) is 0 Å². The van der Waals surface area contributed by atoms with E-state index in [2.05, 4.69) is 33.6 Å². The molecule has 7 nitrogen and oxygen atoms in total. The maximum atomic E-state index is 11.9. The molecule has 0 aliphatic carbocycles. The highest BCUT2D eigenvalue weighted by molar-refractivity contribution is 6.35. The first kappa shape index (κ1) is 15.8. The van der Waals surface area contributed by atoms with E-state index in [0.717, 1.165) is 30.9 Å². The Labute approximate surface area is 146 Å². The van der Waals surface area contributed by atoms with Crippen molar-refractivity contribution in [2.24, 2.45) is 7.05 Å². The topological polar surface area (TPSA) is 70.5 Å². The Morgan fingerprint density at radius 3 is 2.80 bits per heavy atom. The predicted octanol–water partition coefficient (Wildman–Crippen LogP) is 0.230. The standard InChI is InChI=1S/C18H21N5O2/c1-21-10-14(16(20-21)13-5-3-2-4-6-13)11-22-7-8-23-15(12-22)9-19-17(24)18(23)25/h2-6,10,15H,7-9,11-12H2,1H3,(H,19,24). The molecule has 0 radical (unpaired) electrons. The van der Waals surface area contributed by atoms with Crippen LogP contribution in [0.4, 0.5) is 0 Å². The molecule has 1 aromatic carbocycles. The quantitative estimate of drug-likeness (QED) is 0.813. The van der Waals surface area contributed by atoms with Crippen molar-refractivity contribution in [3.8, 4) is 11.3 Å². The van der Waals surface area contributed by atoms with Crippen molar-refractivity contribution in [1.82, 2.24) is 24.9 Å². The number of hydrogen-bond acceptors (Lipinski definition) is 4. The van der Waals surface area contributed by atoms with Crippen molar-refractivity contribution in [2.75, 3.05) is 26.2 Å². The van der Waals surface area contributed by atoms with Crippen LogP contribution in [0.1, 0.15) is 5.56 Å². The molecule has 130 valence electrons. The zero-order chi connectivity index (χ0) is 17.4. The zero-order valence-electron chi connectivity index (χ0n) is 14.2. The molecule has 2 amide bonds. The van der Waals surface area contributed by atoms with Gasteiger partial charge in [-0.05, 0) is 0 Å². The number of carbonyl (C=O) groups excluding carboxylic acids is 2. The van der Waals surface area contributed by atoms with Crippen LogP contribution in [0.2, 0.25) is 0 Å². The molecule has 2 saturated heterocycles. The highest BCUT2D eigenvalue weighted by Gasteiger charge is 2.37. The van der Waals surface area contributed by atoms with Gasteiger partial charge in [-0.2, -0.15) is 5.10 Å². The van der Waals surface area contributed by atoms with Gasteiger partial charge in [0.25, 0.3) is 0 Å². The fourth-order valence-corrected chi connectivity index (χ4v) is 3.66. The molecule has 2 aromatic rings. The number of aromatic nitrogens is 2. The second-order valence-electron chi connectivity index (χ2n) is 6.64. The lowest BCUT2D eigenvalue weighted by molar-refractivity contribution is -0.152. The summed E-state index contributed by atoms with van der Waals surface area (Å²) in [6, 6.07) is 10.2. The van der Waals surface area contributed by atoms with Gasteiger partial charge in [0.05, 0.1) is 11.7 Å². The summed E-state index contributed by atoms with van der Waals surface area (Å²) in [5.74, 6) is -0.884. The van der Waals surface area contributed by atoms with Gasteiger partial charge >= 0.3 is 11.8 Å². The molecule has 1 unspecified atom stereocenters. The van der Waals surface area contributed by atoms with E-state index >= 15 is 0 Å². The molecule has 1 aromatic heterocycles. The van der Waals surface area contributed by atoms with Crippen LogP contribution in [0.3, 0.4) is 0 Å². The third-order valence-corrected chi connectivity index (χ3v) is 4.87. The molecule has 2 aliphatic heterocycles. The first-order chi connectivity index (χ1) is 12.1. The average Bonchev–Trinajstić information content (AvgIpc) is 2.99. The summed E-state index contributed by atoms with van der Waals surface area (Å²) >= 11 is 0. The van der Waals surface area contributed by atoms with Gasteiger partial charge < -0.3 is 10.2 Å². The summed E-state index contributed by atoms with van der Waals surface area (Å²) in [5, 5.41) is 7.30. The minimum Gasteiger partial charge on any atom is -0.346 e. The van der Waals surface area contributed by atoms with Crippen LogP contribution in [0.5, 0.6) is 0 Å². The van der Waals surface area contributed by atoms with E-state index in [1.54, 1.807) is 4.90 Å². The van der Waals surface area contributed by atoms with Gasteiger partial charge in [-0.1, -0.05) is 30.3 Å². The van der Waals surface area contributed by atoms with Crippen molar-refractivity contribution in [1.29, 1.82) is 0 Å². The molecule has 2 aliphatic rings. The maximum Gasteiger partial charge on any atom is 0.312 e. The number of aryl methyl sites for hydroxylation is 1. The fraction of sp³-hybridized carbons (Fsp3) is 0.389. The van der Waals surface area contributed by atoms with Crippen molar-refractivity contribution in [3.63, 3.8) is 0 Å². The maximum absolute atomic E-state index is 11.9. The summed E-state index contributed by atoms with van der Waals surface area (Å²) in [6.07, 6.45) is 2.06. The molecule has 1 N–H and O–H groups in total. The van der Waals surface area contributed by atoms with Crippen LogP contribution >= 0.6 is 0 Å². The third kappa shape index (κ3) is 3.02. The van der Waals surface area contributed by atoms with E-state index < -0.39 is 11.8 Å². The minimum atomic E-state index is -0.483. The second kappa shape index (κ2) is 6.33. The lowest BCUT2D eigenvalue weighted by atomic mass is 10.1. The van der Waals surface area contributed by atoms with Crippen molar-refractivity contribution in [2.45, 2.75) is 12.6 Å². The highest BCUT2D eigenvalue weighted by atomic mass is 16.2. The Hall–Kier alpha value is -2.67. The second-order valence-corrected chi connectivity index (χ2v) is 6.64. The smallest absolute Gasteiger partial charge is 0.312 e. The molecule has 0 bridgehead atoms. The van der Waals surface area contributed by atoms with Gasteiger partial charge in [0.15, 0.2) is 0 Å². The number of benzene rings is 1. The van der Waals surface area contributed by atoms with E-state index in [1.165, 1.54) is 5.56 Å². The summed E-state index contributed by atoms with van der Waals surface area (Å²) in [4.78, 5) is 27.5. The normalized spacial score (nSPS) is 21.2. The summed E-state index contributed by atoms with van der Waals surface area (Å²) in [6.45, 7) is 3.43. The number of fused-ring (bicyclic) bond motifs is 1. The molecule has 0 spiro atoms. The predicted molar refractivity (Wildman–Crippen MR) is 92.4 cm³/mol. The molecule has 1 atom stereocenters. The van der Waals surface area contributed by atoms with Crippen LogP contribution < -0.4 is 5.32 Å². The van der Waals surface area contributed by atoms with Crippen LogP contribution in [0.25, 0.3) is 11.3 Å². The fourth-order valence-electron chi connectivity index (χ4n) is 3.66. The van der Waals surface area contributed by atoms with Crippen LogP contribution in [-0.4, -0.2) is 63.6 Å². The molecule has 7 heteroatoms. The third-order valence-electron chi connectivity index (χ3n) is 4.87. The molecule has 2 fully saturated rings. The van der Waals surface area contributed by atoms with Crippen molar-refractivity contribution < 1.29 is 9.59 Å². The van der Waals surface area contributed by atoms with Gasteiger partial charge in [0.1, 0.15) is 0 Å². The van der Waals surface area contributed by atoms with E-state index in [9.17, 15) is 9.59 Å². The van der Waals surface area contributed by atoms with E-state index in [4.69, 9.17) is 0 Å². The Bertz CT molecular complexity index is 801. The largest absolute Gasteiger partial charge is 0.346 e. The first-order valence-electron chi connectivity index (χ1n) is 8.51. The molecular weight excluding hydrogens is 318 g/mol. The number of piperazine rings is 2. The summed E-state index contributed by atoms with van der Waals surface area (Å²) < 4.78 is 1.85. The van der Waals surface area contributed by atoms with Gasteiger partial charge in [0.2, 0.25) is 0 Å². The molecule has 3 heterocycles. The summed E-state index contributed by atoms with van der Waals surface area (Å²) in [7, 11) is 1.93. The number of amides is 2. The van der Waals surface area contributed by atoms with Crippen molar-refractivity contribution in [3.05, 3.63) is 42.1 Å². The SMILES string of the molecule is Cn1cc(CN2CCN3C(=O)C(=O)NCC3C2)c(-c2ccccc2)n1. The van der Waals surface area contributed by atoms with Gasteiger partial charge in [-0.15, -0.1) is 0 Å². The van der Waals surface area contributed by atoms with Gasteiger partial charge in [-0.3, -0.25) is 19.2 Å². The van der Waals surface area contributed by atoms with Gasteiger partial charge in [-0.25, -0.2) is 0 Å². The Kier molecular flexibility index (Phi) is 4.01. The summed E-state index contributed by atoms with van der Waals surface area (Å²) in [5.41, 5.74) is 3.28. The number of rotatable bonds is 3. The average molecular weight is 339 g/mol. The molecular formula is C18H21N5O2. The van der Waals surface area contributed by atoms with E-state index in [-0.39, 0.29) is 6.04 Å². The Morgan fingerprint density at radius 1 is 1.20 bits per heavy atom. The van der Waals surface area contributed by atoms with Gasteiger partial charge in [0, 0.05) is 57.1 Å². The Balaban J connectivity index is 1.51. The number of carbonyl (C=O) groups is 2. The monoisotopic (exact) mass is 339 g/mol. The highest BCUT2D eigenvalue weighted by Crippen LogP contribution is 2.24. The van der Waals surface area contributed by atoms with Crippen molar-refractivity contribution >= 4 is 11.8 Å². The Morgan fingerprint density at radius 2 is 2.00 bits per heavy atom. The minimum absolute atomic E-state index is 0.0517. The van der Waals surface area contributed by atoms with E-state index in [0.29, 0.717) is 13.1 Å². The zero-order valence-corrected chi connectivity index (χ0v) is 14.2. The number of nitrogens with one attached hydrogen (secondary N) is 1. The number of nitrogens with zero attached hydrogens (tertiary/aromatic N) is 4. The lowest BCUT2D eigenvalue weighted by Crippen LogP contribution is -2.65. The van der Waals surface area contributed by atoms with E-state index in [1.807, 2.05) is 29.9 Å². The lowest BCUT2D eigenvalue weighted by Gasteiger charge is -2.43.